The van der Waals surface area contributed by atoms with Gasteiger partial charge in [-0.05, 0) is 12.5 Å². The van der Waals surface area contributed by atoms with E-state index in [9.17, 15) is 9.59 Å². The van der Waals surface area contributed by atoms with Crippen LogP contribution in [0.5, 0.6) is 11.5 Å². The summed E-state index contributed by atoms with van der Waals surface area (Å²) in [6.07, 6.45) is 0.737. The Balaban J connectivity index is 1.60. The van der Waals surface area contributed by atoms with Gasteiger partial charge in [-0.3, -0.25) is 9.59 Å². The molecule has 2 aromatic carbocycles. The maximum Gasteiger partial charge on any atom is 0.266 e. The lowest BCUT2D eigenvalue weighted by molar-refractivity contribution is -0.116. The van der Waals surface area contributed by atoms with E-state index in [1.165, 1.54) is 10.7 Å². The number of carbonyl (C=O) groups is 1. The van der Waals surface area contributed by atoms with E-state index in [0.29, 0.717) is 30.2 Å². The Bertz CT molecular complexity index is 1010. The van der Waals surface area contributed by atoms with Gasteiger partial charge in [-0.1, -0.05) is 30.3 Å². The van der Waals surface area contributed by atoms with Crippen LogP contribution in [0.25, 0.3) is 11.3 Å². The van der Waals surface area contributed by atoms with E-state index in [1.54, 1.807) is 38.5 Å². The first kappa shape index (κ1) is 20.1. The highest BCUT2D eigenvalue weighted by molar-refractivity contribution is 5.91. The number of methoxy groups -OCH3 is 2. The molecular formula is C22H23N3O4. The predicted octanol–water partition coefficient (Wildman–Crippen LogP) is 3.35. The summed E-state index contributed by atoms with van der Waals surface area (Å²) in [5.41, 5.74) is 2.05. The molecule has 1 heterocycles. The van der Waals surface area contributed by atoms with E-state index >= 15 is 0 Å². The van der Waals surface area contributed by atoms with Gasteiger partial charge in [-0.15, -0.1) is 0 Å². The van der Waals surface area contributed by atoms with E-state index in [4.69, 9.17) is 9.47 Å². The maximum absolute atomic E-state index is 12.3. The van der Waals surface area contributed by atoms with Crippen molar-refractivity contribution in [2.24, 2.45) is 0 Å². The van der Waals surface area contributed by atoms with E-state index in [2.05, 4.69) is 10.4 Å². The second-order valence-corrected chi connectivity index (χ2v) is 6.40. The maximum atomic E-state index is 12.3. The Hall–Kier alpha value is -3.61. The van der Waals surface area contributed by atoms with Crippen LogP contribution in [0.4, 0.5) is 5.69 Å². The van der Waals surface area contributed by atoms with Crippen molar-refractivity contribution >= 4 is 11.6 Å². The van der Waals surface area contributed by atoms with Crippen molar-refractivity contribution in [1.29, 1.82) is 0 Å². The van der Waals surface area contributed by atoms with Gasteiger partial charge in [0, 0.05) is 48.5 Å². The minimum Gasteiger partial charge on any atom is -0.497 e. The van der Waals surface area contributed by atoms with Crippen molar-refractivity contribution in [3.05, 3.63) is 71.0 Å². The summed E-state index contributed by atoms with van der Waals surface area (Å²) < 4.78 is 11.8. The standard InChI is InChI=1S/C22H23N3O4/c1-28-18-13-17(14-19(15-18)29-2)23-21(26)9-6-12-25-22(27)11-10-20(24-25)16-7-4-3-5-8-16/h3-5,7-8,10-11,13-15H,6,9,12H2,1-2H3,(H,23,26). The summed E-state index contributed by atoms with van der Waals surface area (Å²) in [7, 11) is 3.10. The van der Waals surface area contributed by atoms with Gasteiger partial charge in [0.05, 0.1) is 19.9 Å². The third kappa shape index (κ3) is 5.44. The number of nitrogens with zero attached hydrogens (tertiary/aromatic N) is 2. The molecule has 0 radical (unpaired) electrons. The molecule has 7 heteroatoms. The summed E-state index contributed by atoms with van der Waals surface area (Å²) in [6.45, 7) is 0.356. The number of anilines is 1. The van der Waals surface area contributed by atoms with Gasteiger partial charge in [0.2, 0.25) is 5.91 Å². The van der Waals surface area contributed by atoms with Crippen LogP contribution in [0.1, 0.15) is 12.8 Å². The van der Waals surface area contributed by atoms with E-state index < -0.39 is 0 Å². The zero-order chi connectivity index (χ0) is 20.6. The number of rotatable bonds is 8. The normalized spacial score (nSPS) is 10.4. The molecule has 0 aliphatic carbocycles. The largest absolute Gasteiger partial charge is 0.497 e. The molecule has 3 aromatic rings. The van der Waals surface area contributed by atoms with Gasteiger partial charge < -0.3 is 14.8 Å². The minimum absolute atomic E-state index is 0.160. The number of ether oxygens (including phenoxy) is 2. The number of benzene rings is 2. The van der Waals surface area contributed by atoms with Gasteiger partial charge in [-0.25, -0.2) is 4.68 Å². The van der Waals surface area contributed by atoms with E-state index in [1.807, 2.05) is 30.3 Å². The second-order valence-electron chi connectivity index (χ2n) is 6.40. The smallest absolute Gasteiger partial charge is 0.266 e. The highest BCUT2D eigenvalue weighted by Gasteiger charge is 2.08. The highest BCUT2D eigenvalue weighted by Crippen LogP contribution is 2.25. The zero-order valence-corrected chi connectivity index (χ0v) is 16.4. The molecular weight excluding hydrogens is 370 g/mol. The van der Waals surface area contributed by atoms with Crippen LogP contribution >= 0.6 is 0 Å². The van der Waals surface area contributed by atoms with Crippen molar-refractivity contribution in [3.63, 3.8) is 0 Å². The lowest BCUT2D eigenvalue weighted by atomic mass is 10.1. The van der Waals surface area contributed by atoms with Crippen LogP contribution in [-0.4, -0.2) is 29.9 Å². The molecule has 0 fully saturated rings. The number of hydrogen-bond donors (Lipinski definition) is 1. The summed E-state index contributed by atoms with van der Waals surface area (Å²) in [4.78, 5) is 24.4. The fraction of sp³-hybridized carbons (Fsp3) is 0.227. The van der Waals surface area contributed by atoms with Crippen LogP contribution in [0.3, 0.4) is 0 Å². The molecule has 0 aliphatic rings. The molecule has 1 N–H and O–H groups in total. The number of aromatic nitrogens is 2. The highest BCUT2D eigenvalue weighted by atomic mass is 16.5. The molecule has 0 aliphatic heterocycles. The summed E-state index contributed by atoms with van der Waals surface area (Å²) in [5.74, 6) is 1.02. The molecule has 1 aromatic heterocycles. The van der Waals surface area contributed by atoms with Crippen LogP contribution in [0, 0.1) is 0 Å². The van der Waals surface area contributed by atoms with Gasteiger partial charge in [0.25, 0.3) is 5.56 Å². The lowest BCUT2D eigenvalue weighted by Gasteiger charge is -2.10. The molecule has 0 saturated heterocycles. The SMILES string of the molecule is COc1cc(NC(=O)CCCn2nc(-c3ccccc3)ccc2=O)cc(OC)c1. The molecule has 0 saturated carbocycles. The minimum atomic E-state index is -0.192. The van der Waals surface area contributed by atoms with Gasteiger partial charge >= 0.3 is 0 Å². The molecule has 1 amide bonds. The predicted molar refractivity (Wildman–Crippen MR) is 111 cm³/mol. The number of hydrogen-bond acceptors (Lipinski definition) is 5. The van der Waals surface area contributed by atoms with E-state index in [-0.39, 0.29) is 17.9 Å². The fourth-order valence-corrected chi connectivity index (χ4v) is 2.86. The third-order valence-corrected chi connectivity index (χ3v) is 4.35. The number of amides is 1. The van der Waals surface area contributed by atoms with Crippen molar-refractivity contribution in [3.8, 4) is 22.8 Å². The first-order chi connectivity index (χ1) is 14.1. The van der Waals surface area contributed by atoms with Crippen molar-refractivity contribution in [1.82, 2.24) is 9.78 Å². The van der Waals surface area contributed by atoms with Gasteiger partial charge in [0.1, 0.15) is 11.5 Å². The average molecular weight is 393 g/mol. The lowest BCUT2D eigenvalue weighted by Crippen LogP contribution is -2.23. The first-order valence-electron chi connectivity index (χ1n) is 9.25. The van der Waals surface area contributed by atoms with Gasteiger partial charge in [-0.2, -0.15) is 5.10 Å². The molecule has 0 unspecified atom stereocenters. The Labute approximate surface area is 168 Å². The number of nitrogens with one attached hydrogen (secondary N) is 1. The molecule has 150 valence electrons. The van der Waals surface area contributed by atoms with E-state index in [0.717, 1.165) is 11.3 Å². The average Bonchev–Trinajstić information content (AvgIpc) is 2.75. The number of carbonyl (C=O) groups excluding carboxylic acids is 1. The second kappa shape index (κ2) is 9.54. The Kier molecular flexibility index (Phi) is 6.63. The summed E-state index contributed by atoms with van der Waals surface area (Å²) in [5, 5.41) is 7.23. The molecule has 0 spiro atoms. The van der Waals surface area contributed by atoms with Gasteiger partial charge in [0.15, 0.2) is 0 Å². The van der Waals surface area contributed by atoms with Crippen LogP contribution in [0.2, 0.25) is 0 Å². The number of aryl methyl sites for hydroxylation is 1. The van der Waals surface area contributed by atoms with Crippen molar-refractivity contribution in [2.75, 3.05) is 19.5 Å². The molecule has 0 bridgehead atoms. The van der Waals surface area contributed by atoms with Crippen LogP contribution in [0.15, 0.2) is 65.5 Å². The van der Waals surface area contributed by atoms with Crippen LogP contribution in [-0.2, 0) is 11.3 Å². The van der Waals surface area contributed by atoms with Crippen molar-refractivity contribution in [2.45, 2.75) is 19.4 Å². The Morgan fingerprint density at radius 1 is 1.00 bits per heavy atom. The molecule has 3 rings (SSSR count). The zero-order valence-electron chi connectivity index (χ0n) is 16.4. The van der Waals surface area contributed by atoms with Crippen LogP contribution < -0.4 is 20.3 Å². The first-order valence-corrected chi connectivity index (χ1v) is 9.25. The summed E-state index contributed by atoms with van der Waals surface area (Å²) >= 11 is 0. The summed E-state index contributed by atoms with van der Waals surface area (Å²) in [6, 6.07) is 18.0. The Morgan fingerprint density at radius 2 is 1.69 bits per heavy atom. The fourth-order valence-electron chi connectivity index (χ4n) is 2.86. The monoisotopic (exact) mass is 393 g/mol. The third-order valence-electron chi connectivity index (χ3n) is 4.35. The van der Waals surface area contributed by atoms with Crippen molar-refractivity contribution < 1.29 is 14.3 Å². The topological polar surface area (TPSA) is 82.5 Å². The quantitative estimate of drug-likeness (QED) is 0.635. The molecule has 7 nitrogen and oxygen atoms in total. The Morgan fingerprint density at radius 3 is 2.34 bits per heavy atom. The molecule has 0 atom stereocenters. The molecule has 29 heavy (non-hydrogen) atoms.